The maximum atomic E-state index is 10.5. The maximum Gasteiger partial charge on any atom is 0.337 e. The second kappa shape index (κ2) is 3.45. The van der Waals surface area contributed by atoms with Crippen LogP contribution in [0.5, 0.6) is 5.75 Å². The van der Waals surface area contributed by atoms with Gasteiger partial charge in [0.15, 0.2) is 0 Å². The molecule has 0 unspecified atom stereocenters. The molecular formula is C8H6ClO3. The van der Waals surface area contributed by atoms with E-state index in [0.29, 0.717) is 5.75 Å². The maximum absolute atomic E-state index is 10.5. The Labute approximate surface area is 74.5 Å². The van der Waals surface area contributed by atoms with Gasteiger partial charge in [-0.25, -0.2) is 4.79 Å². The number of benzene rings is 1. The molecule has 3 nitrogen and oxygen atoms in total. The van der Waals surface area contributed by atoms with Crippen molar-refractivity contribution in [1.82, 2.24) is 0 Å². The van der Waals surface area contributed by atoms with E-state index in [1.165, 1.54) is 19.2 Å². The van der Waals surface area contributed by atoms with Gasteiger partial charge in [-0.15, -0.1) is 0 Å². The molecule has 0 amide bonds. The van der Waals surface area contributed by atoms with Crippen LogP contribution in [0.15, 0.2) is 12.1 Å². The first-order chi connectivity index (χ1) is 5.65. The quantitative estimate of drug-likeness (QED) is 0.765. The standard InChI is InChI=1S/C8H6ClO3/c1-12-5-2-3-7(9)6(4-5)8(10)11/h2,4H,1H3,(H,10,11). The van der Waals surface area contributed by atoms with E-state index in [1.54, 1.807) is 0 Å². The molecule has 0 saturated heterocycles. The van der Waals surface area contributed by atoms with Crippen LogP contribution in [0, 0.1) is 6.07 Å². The first kappa shape index (κ1) is 8.87. The third-order valence-corrected chi connectivity index (χ3v) is 1.64. The summed E-state index contributed by atoms with van der Waals surface area (Å²) in [7, 11) is 1.45. The largest absolute Gasteiger partial charge is 0.497 e. The number of ether oxygens (including phenoxy) is 1. The minimum absolute atomic E-state index is 0.00369. The highest BCUT2D eigenvalue weighted by atomic mass is 35.5. The Morgan fingerprint density at radius 1 is 1.75 bits per heavy atom. The number of hydrogen-bond donors (Lipinski definition) is 1. The third-order valence-electron chi connectivity index (χ3n) is 1.33. The van der Waals surface area contributed by atoms with Crippen LogP contribution in [0.2, 0.25) is 5.02 Å². The summed E-state index contributed by atoms with van der Waals surface area (Å²) in [5.74, 6) is -0.660. The van der Waals surface area contributed by atoms with E-state index in [4.69, 9.17) is 21.4 Å². The summed E-state index contributed by atoms with van der Waals surface area (Å²) in [6.07, 6.45) is 0. The molecule has 1 aromatic rings. The Kier molecular flexibility index (Phi) is 2.55. The average molecular weight is 186 g/mol. The highest BCUT2D eigenvalue weighted by Crippen LogP contribution is 2.20. The molecule has 1 rings (SSSR count). The second-order valence-corrected chi connectivity index (χ2v) is 2.45. The minimum Gasteiger partial charge on any atom is -0.497 e. The predicted octanol–water partition coefficient (Wildman–Crippen LogP) is 1.85. The van der Waals surface area contributed by atoms with Gasteiger partial charge in [-0.05, 0) is 12.1 Å². The van der Waals surface area contributed by atoms with Crippen molar-refractivity contribution in [2.45, 2.75) is 0 Å². The lowest BCUT2D eigenvalue weighted by atomic mass is 10.2. The zero-order valence-electron chi connectivity index (χ0n) is 6.30. The van der Waals surface area contributed by atoms with Crippen LogP contribution in [0.4, 0.5) is 0 Å². The zero-order valence-corrected chi connectivity index (χ0v) is 7.05. The number of carbonyl (C=O) groups is 1. The summed E-state index contributed by atoms with van der Waals surface area (Å²) in [6.45, 7) is 0. The van der Waals surface area contributed by atoms with Gasteiger partial charge in [0.25, 0.3) is 0 Å². The van der Waals surface area contributed by atoms with Crippen molar-refractivity contribution in [2.75, 3.05) is 7.11 Å². The number of hydrogen-bond acceptors (Lipinski definition) is 2. The Balaban J connectivity index is 3.17. The lowest BCUT2D eigenvalue weighted by Gasteiger charge is -2.01. The van der Waals surface area contributed by atoms with E-state index in [1.807, 2.05) is 0 Å². The molecule has 1 N–H and O–H groups in total. The topological polar surface area (TPSA) is 46.5 Å². The number of methoxy groups -OCH3 is 1. The minimum atomic E-state index is -1.09. The number of carboxylic acid groups (broad SMARTS) is 1. The molecular weight excluding hydrogens is 180 g/mol. The Bertz CT molecular complexity index is 309. The third kappa shape index (κ3) is 1.68. The van der Waals surface area contributed by atoms with Crippen molar-refractivity contribution in [1.29, 1.82) is 0 Å². The Morgan fingerprint density at radius 3 is 2.92 bits per heavy atom. The molecule has 0 atom stereocenters. The normalized spacial score (nSPS) is 9.50. The van der Waals surface area contributed by atoms with Crippen molar-refractivity contribution in [2.24, 2.45) is 0 Å². The van der Waals surface area contributed by atoms with Crippen LogP contribution in [-0.4, -0.2) is 18.2 Å². The average Bonchev–Trinajstić information content (AvgIpc) is 2.05. The SMILES string of the molecule is COc1c[c]c(Cl)c(C(=O)O)c1. The molecule has 0 aliphatic carbocycles. The van der Waals surface area contributed by atoms with Gasteiger partial charge in [-0.2, -0.15) is 0 Å². The first-order valence-electron chi connectivity index (χ1n) is 3.13. The van der Waals surface area contributed by atoms with Crippen molar-refractivity contribution < 1.29 is 14.6 Å². The number of rotatable bonds is 2. The number of aromatic carboxylic acids is 1. The fraction of sp³-hybridized carbons (Fsp3) is 0.125. The molecule has 0 spiro atoms. The number of carboxylic acids is 1. The van der Waals surface area contributed by atoms with E-state index in [2.05, 4.69) is 6.07 Å². The van der Waals surface area contributed by atoms with Crippen molar-refractivity contribution >= 4 is 17.6 Å². The summed E-state index contributed by atoms with van der Waals surface area (Å²) in [6, 6.07) is 5.39. The van der Waals surface area contributed by atoms with Crippen molar-refractivity contribution in [3.05, 3.63) is 28.8 Å². The smallest absolute Gasteiger partial charge is 0.337 e. The molecule has 0 bridgehead atoms. The van der Waals surface area contributed by atoms with Crippen LogP contribution in [-0.2, 0) is 0 Å². The monoisotopic (exact) mass is 185 g/mol. The molecule has 0 fully saturated rings. The van der Waals surface area contributed by atoms with Crippen LogP contribution in [0.25, 0.3) is 0 Å². The van der Waals surface area contributed by atoms with Gasteiger partial charge < -0.3 is 9.84 Å². The molecule has 1 aromatic carbocycles. The van der Waals surface area contributed by atoms with E-state index in [0.717, 1.165) is 0 Å². The van der Waals surface area contributed by atoms with Gasteiger partial charge in [0.05, 0.1) is 17.7 Å². The van der Waals surface area contributed by atoms with Crippen LogP contribution in [0.1, 0.15) is 10.4 Å². The zero-order chi connectivity index (χ0) is 9.14. The van der Waals surface area contributed by atoms with Gasteiger partial charge in [0, 0.05) is 6.07 Å². The molecule has 0 aromatic heterocycles. The van der Waals surface area contributed by atoms with Crippen molar-refractivity contribution in [3.8, 4) is 5.75 Å². The Hall–Kier alpha value is -1.22. The van der Waals surface area contributed by atoms with Gasteiger partial charge in [0.2, 0.25) is 0 Å². The fourth-order valence-electron chi connectivity index (χ4n) is 0.733. The summed E-state index contributed by atoms with van der Waals surface area (Å²) < 4.78 is 4.81. The van der Waals surface area contributed by atoms with Crippen LogP contribution in [0.3, 0.4) is 0 Å². The second-order valence-electron chi connectivity index (χ2n) is 2.07. The summed E-state index contributed by atoms with van der Waals surface area (Å²) >= 11 is 5.56. The molecule has 1 radical (unpaired) electrons. The fourth-order valence-corrected chi connectivity index (χ4v) is 0.923. The van der Waals surface area contributed by atoms with Crippen LogP contribution < -0.4 is 4.74 Å². The van der Waals surface area contributed by atoms with E-state index >= 15 is 0 Å². The molecule has 0 saturated carbocycles. The molecule has 63 valence electrons. The van der Waals surface area contributed by atoms with E-state index in [-0.39, 0.29) is 10.6 Å². The first-order valence-corrected chi connectivity index (χ1v) is 3.51. The van der Waals surface area contributed by atoms with Crippen LogP contribution >= 0.6 is 11.6 Å². The molecule has 0 heterocycles. The lowest BCUT2D eigenvalue weighted by Crippen LogP contribution is -1.98. The highest BCUT2D eigenvalue weighted by molar-refractivity contribution is 6.33. The molecule has 0 aliphatic heterocycles. The van der Waals surface area contributed by atoms with Gasteiger partial charge in [-0.1, -0.05) is 11.6 Å². The summed E-state index contributed by atoms with van der Waals surface area (Å²) in [4.78, 5) is 10.5. The number of halogens is 1. The Morgan fingerprint density at radius 2 is 2.42 bits per heavy atom. The van der Waals surface area contributed by atoms with E-state index < -0.39 is 5.97 Å². The predicted molar refractivity (Wildman–Crippen MR) is 43.8 cm³/mol. The van der Waals surface area contributed by atoms with Gasteiger partial charge in [0.1, 0.15) is 5.75 Å². The van der Waals surface area contributed by atoms with Crippen molar-refractivity contribution in [3.63, 3.8) is 0 Å². The lowest BCUT2D eigenvalue weighted by molar-refractivity contribution is 0.0696. The molecule has 4 heteroatoms. The summed E-state index contributed by atoms with van der Waals surface area (Å²) in [5, 5.41) is 8.71. The molecule has 0 aliphatic rings. The van der Waals surface area contributed by atoms with Gasteiger partial charge >= 0.3 is 5.97 Å². The van der Waals surface area contributed by atoms with Gasteiger partial charge in [-0.3, -0.25) is 0 Å². The summed E-state index contributed by atoms with van der Waals surface area (Å²) in [5.41, 5.74) is -0.00369. The molecule has 12 heavy (non-hydrogen) atoms. The van der Waals surface area contributed by atoms with E-state index in [9.17, 15) is 4.79 Å². The highest BCUT2D eigenvalue weighted by Gasteiger charge is 2.09.